The third kappa shape index (κ3) is 1.79. The average Bonchev–Trinajstić information content (AvgIpc) is 2.53. The van der Waals surface area contributed by atoms with Crippen molar-refractivity contribution in [3.63, 3.8) is 0 Å². The highest BCUT2D eigenvalue weighted by Gasteiger charge is 2.06. The molecule has 0 unspecified atom stereocenters. The number of fused-ring (bicyclic) bond motifs is 1. The number of imidazole rings is 1. The number of carboxylic acid groups (broad SMARTS) is 1. The van der Waals surface area contributed by atoms with Crippen molar-refractivity contribution >= 4 is 23.1 Å². The van der Waals surface area contributed by atoms with Gasteiger partial charge in [0.05, 0.1) is 11.0 Å². The number of halogens is 1. The molecule has 4 nitrogen and oxygen atoms in total. The van der Waals surface area contributed by atoms with Crippen LogP contribution in [0.2, 0.25) is 0 Å². The minimum atomic E-state index is -1.04. The molecule has 1 aromatic heterocycles. The molecule has 0 spiro atoms. The van der Waals surface area contributed by atoms with Crippen LogP contribution in [0.1, 0.15) is 5.82 Å². The van der Waals surface area contributed by atoms with E-state index in [4.69, 9.17) is 5.11 Å². The molecule has 0 amide bonds. The van der Waals surface area contributed by atoms with Gasteiger partial charge in [0.15, 0.2) is 0 Å². The summed E-state index contributed by atoms with van der Waals surface area (Å²) in [5, 5.41) is 8.50. The number of benzene rings is 1. The Balaban J connectivity index is 2.56. The van der Waals surface area contributed by atoms with Gasteiger partial charge in [0, 0.05) is 13.1 Å². The Morgan fingerprint density at radius 1 is 1.56 bits per heavy atom. The van der Waals surface area contributed by atoms with Gasteiger partial charge in [-0.2, -0.15) is 0 Å². The first kappa shape index (κ1) is 10.4. The van der Waals surface area contributed by atoms with E-state index in [1.54, 1.807) is 17.7 Å². The molecule has 0 atom stereocenters. The highest BCUT2D eigenvalue weighted by molar-refractivity contribution is 5.86. The standard InChI is InChI=1S/C11H9FN2O2/c1-14-9-6-7(12)2-3-8(9)13-10(14)4-5-11(15)16/h2-6H,1H3,(H,15,16)/b5-4+. The number of aliphatic carboxylic acids is 1. The zero-order valence-corrected chi connectivity index (χ0v) is 8.51. The van der Waals surface area contributed by atoms with Crippen molar-refractivity contribution in [1.29, 1.82) is 0 Å². The van der Waals surface area contributed by atoms with E-state index in [-0.39, 0.29) is 5.82 Å². The zero-order chi connectivity index (χ0) is 11.7. The van der Waals surface area contributed by atoms with Crippen LogP contribution in [0.5, 0.6) is 0 Å². The molecule has 0 saturated carbocycles. The molecule has 1 N–H and O–H groups in total. The lowest BCUT2D eigenvalue weighted by Gasteiger charge is -1.96. The quantitative estimate of drug-likeness (QED) is 0.785. The number of aryl methyl sites for hydroxylation is 1. The van der Waals surface area contributed by atoms with Crippen molar-refractivity contribution in [3.8, 4) is 0 Å². The Bertz CT molecular complexity index is 587. The Morgan fingerprint density at radius 2 is 2.31 bits per heavy atom. The first-order valence-corrected chi connectivity index (χ1v) is 4.61. The Morgan fingerprint density at radius 3 is 3.00 bits per heavy atom. The number of nitrogens with zero attached hydrogens (tertiary/aromatic N) is 2. The lowest BCUT2D eigenvalue weighted by atomic mass is 10.3. The van der Waals surface area contributed by atoms with Crippen LogP contribution in [0.3, 0.4) is 0 Å². The van der Waals surface area contributed by atoms with Crippen LogP contribution in [0.4, 0.5) is 4.39 Å². The van der Waals surface area contributed by atoms with Gasteiger partial charge in [0.2, 0.25) is 0 Å². The number of rotatable bonds is 2. The number of hydrogen-bond donors (Lipinski definition) is 1. The summed E-state index contributed by atoms with van der Waals surface area (Å²) in [6.07, 6.45) is 2.37. The molecular formula is C11H9FN2O2. The maximum Gasteiger partial charge on any atom is 0.328 e. The molecule has 0 fully saturated rings. The number of aromatic nitrogens is 2. The third-order valence-electron chi connectivity index (χ3n) is 2.25. The van der Waals surface area contributed by atoms with E-state index in [9.17, 15) is 9.18 Å². The summed E-state index contributed by atoms with van der Waals surface area (Å²) in [6, 6.07) is 4.24. The molecule has 16 heavy (non-hydrogen) atoms. The molecule has 2 aromatic rings. The molecular weight excluding hydrogens is 211 g/mol. The minimum Gasteiger partial charge on any atom is -0.478 e. The van der Waals surface area contributed by atoms with Crippen LogP contribution in [0.25, 0.3) is 17.1 Å². The van der Waals surface area contributed by atoms with Gasteiger partial charge in [0.25, 0.3) is 0 Å². The summed E-state index contributed by atoms with van der Waals surface area (Å²) < 4.78 is 14.6. The van der Waals surface area contributed by atoms with Gasteiger partial charge in [-0.15, -0.1) is 0 Å². The van der Waals surface area contributed by atoms with Gasteiger partial charge in [-0.3, -0.25) is 0 Å². The van der Waals surface area contributed by atoms with Gasteiger partial charge in [-0.05, 0) is 24.3 Å². The molecule has 1 aromatic carbocycles. The molecule has 0 bridgehead atoms. The van der Waals surface area contributed by atoms with Gasteiger partial charge >= 0.3 is 5.97 Å². The molecule has 2 rings (SSSR count). The normalized spacial score (nSPS) is 11.4. The van der Waals surface area contributed by atoms with E-state index in [1.807, 2.05) is 0 Å². The van der Waals surface area contributed by atoms with Crippen molar-refractivity contribution in [1.82, 2.24) is 9.55 Å². The van der Waals surface area contributed by atoms with Gasteiger partial charge in [0.1, 0.15) is 11.6 Å². The molecule has 0 saturated heterocycles. The SMILES string of the molecule is Cn1c(/C=C/C(=O)O)nc2ccc(F)cc21. The van der Waals surface area contributed by atoms with E-state index in [0.717, 1.165) is 6.08 Å². The van der Waals surface area contributed by atoms with Crippen LogP contribution in [0.15, 0.2) is 24.3 Å². The van der Waals surface area contributed by atoms with E-state index in [0.29, 0.717) is 16.9 Å². The summed E-state index contributed by atoms with van der Waals surface area (Å²) in [6.45, 7) is 0. The van der Waals surface area contributed by atoms with E-state index in [1.165, 1.54) is 18.2 Å². The highest BCUT2D eigenvalue weighted by Crippen LogP contribution is 2.16. The first-order chi connectivity index (χ1) is 7.58. The third-order valence-corrected chi connectivity index (χ3v) is 2.25. The van der Waals surface area contributed by atoms with Gasteiger partial charge < -0.3 is 9.67 Å². The van der Waals surface area contributed by atoms with Crippen LogP contribution in [-0.4, -0.2) is 20.6 Å². The van der Waals surface area contributed by atoms with Crippen molar-refractivity contribution in [2.75, 3.05) is 0 Å². The fourth-order valence-corrected chi connectivity index (χ4v) is 1.48. The van der Waals surface area contributed by atoms with Crippen molar-refractivity contribution in [2.24, 2.45) is 7.05 Å². The molecule has 82 valence electrons. The van der Waals surface area contributed by atoms with Gasteiger partial charge in [-0.1, -0.05) is 0 Å². The second kappa shape index (κ2) is 3.77. The predicted octanol–water partition coefficient (Wildman–Crippen LogP) is 1.81. The molecule has 0 aliphatic rings. The van der Waals surface area contributed by atoms with Crippen LogP contribution < -0.4 is 0 Å². The second-order valence-electron chi connectivity index (χ2n) is 3.33. The molecule has 5 heteroatoms. The molecule has 0 aliphatic carbocycles. The Labute approximate surface area is 90.6 Å². The first-order valence-electron chi connectivity index (χ1n) is 4.61. The number of hydrogen-bond acceptors (Lipinski definition) is 2. The fraction of sp³-hybridized carbons (Fsp3) is 0.0909. The monoisotopic (exact) mass is 220 g/mol. The smallest absolute Gasteiger partial charge is 0.328 e. The maximum atomic E-state index is 13.0. The zero-order valence-electron chi connectivity index (χ0n) is 8.51. The highest BCUT2D eigenvalue weighted by atomic mass is 19.1. The number of carbonyl (C=O) groups is 1. The second-order valence-corrected chi connectivity index (χ2v) is 3.33. The van der Waals surface area contributed by atoms with Crippen molar-refractivity contribution in [2.45, 2.75) is 0 Å². The summed E-state index contributed by atoms with van der Waals surface area (Å²) in [5.74, 6) is -0.912. The predicted molar refractivity (Wildman–Crippen MR) is 57.3 cm³/mol. The lowest BCUT2D eigenvalue weighted by molar-refractivity contribution is -0.131. The van der Waals surface area contributed by atoms with Crippen molar-refractivity contribution in [3.05, 3.63) is 35.9 Å². The topological polar surface area (TPSA) is 55.1 Å². The summed E-state index contributed by atoms with van der Waals surface area (Å²) in [5.41, 5.74) is 1.26. The maximum absolute atomic E-state index is 13.0. The van der Waals surface area contributed by atoms with Crippen molar-refractivity contribution < 1.29 is 14.3 Å². The summed E-state index contributed by atoms with van der Waals surface area (Å²) in [7, 11) is 1.70. The largest absolute Gasteiger partial charge is 0.478 e. The number of carboxylic acids is 1. The van der Waals surface area contributed by atoms with E-state index in [2.05, 4.69) is 4.98 Å². The fourth-order valence-electron chi connectivity index (χ4n) is 1.48. The Kier molecular flexibility index (Phi) is 2.44. The summed E-state index contributed by atoms with van der Waals surface area (Å²) >= 11 is 0. The van der Waals surface area contributed by atoms with Crippen LogP contribution in [0, 0.1) is 5.82 Å². The van der Waals surface area contributed by atoms with Crippen LogP contribution >= 0.6 is 0 Å². The molecule has 1 heterocycles. The minimum absolute atomic E-state index is 0.343. The van der Waals surface area contributed by atoms with E-state index < -0.39 is 5.97 Å². The lowest BCUT2D eigenvalue weighted by Crippen LogP contribution is -1.93. The van der Waals surface area contributed by atoms with Crippen LogP contribution in [-0.2, 0) is 11.8 Å². The molecule has 0 radical (unpaired) electrons. The summed E-state index contributed by atoms with van der Waals surface area (Å²) in [4.78, 5) is 14.5. The van der Waals surface area contributed by atoms with Gasteiger partial charge in [-0.25, -0.2) is 14.2 Å². The van der Waals surface area contributed by atoms with E-state index >= 15 is 0 Å². The average molecular weight is 220 g/mol. The Hall–Kier alpha value is -2.17. The molecule has 0 aliphatic heterocycles.